The molecular weight excluding hydrogens is 188 g/mol. The zero-order chi connectivity index (χ0) is 10.6. The van der Waals surface area contributed by atoms with Gasteiger partial charge in [0.25, 0.3) is 6.43 Å². The molecule has 1 rings (SSSR count). The van der Waals surface area contributed by atoms with Crippen molar-refractivity contribution in [2.45, 2.75) is 57.7 Å². The summed E-state index contributed by atoms with van der Waals surface area (Å²) < 4.78 is 29.0. The van der Waals surface area contributed by atoms with E-state index in [0.717, 1.165) is 19.3 Å². The van der Waals surface area contributed by atoms with Gasteiger partial charge < -0.3 is 10.1 Å². The highest BCUT2D eigenvalue weighted by Gasteiger charge is 2.28. The smallest absolute Gasteiger partial charge is 0.261 e. The molecule has 1 aliphatic rings. The van der Waals surface area contributed by atoms with Gasteiger partial charge in [0.05, 0.1) is 6.10 Å². The highest BCUT2D eigenvalue weighted by molar-refractivity contribution is 4.85. The molecule has 0 spiro atoms. The number of ether oxygens (including phenoxy) is 1. The lowest BCUT2D eigenvalue weighted by molar-refractivity contribution is -0.0310. The quantitative estimate of drug-likeness (QED) is 0.746. The molecule has 0 aliphatic heterocycles. The van der Waals surface area contributed by atoms with Crippen molar-refractivity contribution >= 4 is 0 Å². The maximum Gasteiger partial charge on any atom is 0.261 e. The van der Waals surface area contributed by atoms with Crippen LogP contribution in [0.2, 0.25) is 0 Å². The summed E-state index contributed by atoms with van der Waals surface area (Å²) in [4.78, 5) is 0. The summed E-state index contributed by atoms with van der Waals surface area (Å²) in [5.41, 5.74) is 0. The van der Waals surface area contributed by atoms with E-state index in [-0.39, 0.29) is 12.1 Å². The maximum atomic E-state index is 11.9. The molecule has 14 heavy (non-hydrogen) atoms. The molecule has 2 nitrogen and oxygen atoms in total. The van der Waals surface area contributed by atoms with Gasteiger partial charge in [-0.15, -0.1) is 0 Å². The first-order valence-electron chi connectivity index (χ1n) is 5.25. The van der Waals surface area contributed by atoms with Gasteiger partial charge in [0.15, 0.2) is 0 Å². The second-order valence-corrected chi connectivity index (χ2v) is 4.12. The van der Waals surface area contributed by atoms with E-state index >= 15 is 0 Å². The van der Waals surface area contributed by atoms with Crippen molar-refractivity contribution in [2.24, 2.45) is 0 Å². The van der Waals surface area contributed by atoms with E-state index in [9.17, 15) is 8.78 Å². The Morgan fingerprint density at radius 3 is 2.64 bits per heavy atom. The first-order chi connectivity index (χ1) is 6.59. The molecule has 1 aliphatic carbocycles. The van der Waals surface area contributed by atoms with Gasteiger partial charge in [0, 0.05) is 12.1 Å². The van der Waals surface area contributed by atoms with Gasteiger partial charge in [-0.05, 0) is 19.3 Å². The number of alkyl halides is 2. The monoisotopic (exact) mass is 207 g/mol. The van der Waals surface area contributed by atoms with Crippen LogP contribution in [0, 0.1) is 0 Å². The lowest BCUT2D eigenvalue weighted by atomic mass is 10.2. The Morgan fingerprint density at radius 2 is 2.07 bits per heavy atom. The lowest BCUT2D eigenvalue weighted by Gasteiger charge is -2.23. The maximum absolute atomic E-state index is 11.9. The summed E-state index contributed by atoms with van der Waals surface area (Å²) in [6, 6.07) is 0.643. The molecule has 1 saturated carbocycles. The second kappa shape index (κ2) is 5.61. The van der Waals surface area contributed by atoms with E-state index in [0.29, 0.717) is 6.04 Å². The van der Waals surface area contributed by atoms with E-state index in [4.69, 9.17) is 4.74 Å². The standard InChI is InChI=1S/C10H19F2NO/c1-7(2)13-8-4-3-5-9(8)14-6-10(11)12/h7-10,13H,3-6H2,1-2H3. The molecule has 84 valence electrons. The van der Waals surface area contributed by atoms with Crippen LogP contribution in [0.4, 0.5) is 8.78 Å². The van der Waals surface area contributed by atoms with Gasteiger partial charge >= 0.3 is 0 Å². The van der Waals surface area contributed by atoms with Gasteiger partial charge in [-0.25, -0.2) is 8.78 Å². The number of rotatable bonds is 5. The minimum Gasteiger partial charge on any atom is -0.371 e. The molecule has 0 amide bonds. The molecule has 4 heteroatoms. The Bertz CT molecular complexity index is 164. The van der Waals surface area contributed by atoms with Crippen molar-refractivity contribution < 1.29 is 13.5 Å². The van der Waals surface area contributed by atoms with Crippen LogP contribution in [-0.2, 0) is 4.74 Å². The predicted molar refractivity (Wildman–Crippen MR) is 51.7 cm³/mol. The summed E-state index contributed by atoms with van der Waals surface area (Å²) in [6.07, 6.45) is 0.628. The molecule has 0 aromatic carbocycles. The van der Waals surface area contributed by atoms with E-state index in [1.807, 2.05) is 0 Å². The number of hydrogen-bond acceptors (Lipinski definition) is 2. The zero-order valence-electron chi connectivity index (χ0n) is 8.80. The van der Waals surface area contributed by atoms with Crippen LogP contribution in [0.15, 0.2) is 0 Å². The van der Waals surface area contributed by atoms with Crippen LogP contribution in [0.25, 0.3) is 0 Å². The van der Waals surface area contributed by atoms with Crippen LogP contribution in [-0.4, -0.2) is 31.2 Å². The van der Waals surface area contributed by atoms with Crippen LogP contribution in [0.3, 0.4) is 0 Å². The van der Waals surface area contributed by atoms with Crippen molar-refractivity contribution in [1.29, 1.82) is 0 Å². The molecule has 2 atom stereocenters. The third kappa shape index (κ3) is 3.88. The fourth-order valence-electron chi connectivity index (χ4n) is 1.94. The van der Waals surface area contributed by atoms with Crippen molar-refractivity contribution in [3.63, 3.8) is 0 Å². The lowest BCUT2D eigenvalue weighted by Crippen LogP contribution is -2.41. The van der Waals surface area contributed by atoms with Gasteiger partial charge in [-0.2, -0.15) is 0 Å². The van der Waals surface area contributed by atoms with E-state index in [1.54, 1.807) is 0 Å². The van der Waals surface area contributed by atoms with Crippen LogP contribution >= 0.6 is 0 Å². The molecular formula is C10H19F2NO. The zero-order valence-corrected chi connectivity index (χ0v) is 8.80. The summed E-state index contributed by atoms with van der Waals surface area (Å²) in [5, 5.41) is 3.35. The topological polar surface area (TPSA) is 21.3 Å². The van der Waals surface area contributed by atoms with Crippen LogP contribution in [0.5, 0.6) is 0 Å². The summed E-state index contributed by atoms with van der Waals surface area (Å²) >= 11 is 0. The van der Waals surface area contributed by atoms with Crippen molar-refractivity contribution in [3.05, 3.63) is 0 Å². The minimum atomic E-state index is -2.35. The molecule has 1 N–H and O–H groups in total. The Hall–Kier alpha value is -0.220. The molecule has 0 bridgehead atoms. The van der Waals surface area contributed by atoms with Gasteiger partial charge in [-0.3, -0.25) is 0 Å². The highest BCUT2D eigenvalue weighted by Crippen LogP contribution is 2.22. The average molecular weight is 207 g/mol. The fraction of sp³-hybridized carbons (Fsp3) is 1.00. The third-order valence-electron chi connectivity index (χ3n) is 2.44. The molecule has 0 heterocycles. The van der Waals surface area contributed by atoms with Crippen molar-refractivity contribution in [2.75, 3.05) is 6.61 Å². The molecule has 0 aromatic heterocycles. The number of nitrogens with one attached hydrogen (secondary N) is 1. The molecule has 0 radical (unpaired) electrons. The SMILES string of the molecule is CC(C)NC1CCCC1OCC(F)F. The molecule has 2 unspecified atom stereocenters. The first-order valence-corrected chi connectivity index (χ1v) is 5.25. The van der Waals surface area contributed by atoms with Gasteiger partial charge in [-0.1, -0.05) is 13.8 Å². The Morgan fingerprint density at radius 1 is 1.36 bits per heavy atom. The number of hydrogen-bond donors (Lipinski definition) is 1. The van der Waals surface area contributed by atoms with Gasteiger partial charge in [0.1, 0.15) is 6.61 Å². The fourth-order valence-corrected chi connectivity index (χ4v) is 1.94. The predicted octanol–water partition coefficient (Wildman–Crippen LogP) is 2.19. The van der Waals surface area contributed by atoms with E-state index in [2.05, 4.69) is 19.2 Å². The van der Waals surface area contributed by atoms with Crippen LogP contribution in [0.1, 0.15) is 33.1 Å². The van der Waals surface area contributed by atoms with Gasteiger partial charge in [0.2, 0.25) is 0 Å². The molecule has 1 fully saturated rings. The molecule has 0 saturated heterocycles. The second-order valence-electron chi connectivity index (χ2n) is 4.12. The largest absolute Gasteiger partial charge is 0.371 e. The minimum absolute atomic E-state index is 0.0219. The molecule has 0 aromatic rings. The summed E-state index contributed by atoms with van der Waals surface area (Å²) in [6.45, 7) is 3.69. The number of halogens is 2. The average Bonchev–Trinajstić information content (AvgIpc) is 2.47. The Labute approximate surface area is 84.0 Å². The van der Waals surface area contributed by atoms with Crippen molar-refractivity contribution in [1.82, 2.24) is 5.32 Å². The van der Waals surface area contributed by atoms with Crippen LogP contribution < -0.4 is 5.32 Å². The summed E-state index contributed by atoms with van der Waals surface area (Å²) in [7, 11) is 0. The summed E-state index contributed by atoms with van der Waals surface area (Å²) in [5.74, 6) is 0. The Kier molecular flexibility index (Phi) is 4.75. The normalized spacial score (nSPS) is 27.9. The van der Waals surface area contributed by atoms with E-state index < -0.39 is 13.0 Å². The van der Waals surface area contributed by atoms with Crippen molar-refractivity contribution in [3.8, 4) is 0 Å². The Balaban J connectivity index is 2.28. The first kappa shape index (κ1) is 11.9. The third-order valence-corrected chi connectivity index (χ3v) is 2.44. The highest BCUT2D eigenvalue weighted by atomic mass is 19.3. The van der Waals surface area contributed by atoms with E-state index in [1.165, 1.54) is 0 Å².